The third kappa shape index (κ3) is 2.72. The highest BCUT2D eigenvalue weighted by Gasteiger charge is 2.17. The van der Waals surface area contributed by atoms with Gasteiger partial charge in [-0.2, -0.15) is 5.10 Å². The van der Waals surface area contributed by atoms with Gasteiger partial charge < -0.3 is 4.90 Å². The van der Waals surface area contributed by atoms with Crippen molar-refractivity contribution in [2.75, 3.05) is 7.05 Å². The number of amides is 1. The number of fused-ring (bicyclic) bond motifs is 1. The lowest BCUT2D eigenvalue weighted by molar-refractivity contribution is 0.0787. The Morgan fingerprint density at radius 3 is 2.73 bits per heavy atom. The van der Waals surface area contributed by atoms with E-state index in [0.29, 0.717) is 12.1 Å². The van der Waals surface area contributed by atoms with Crippen LogP contribution in [-0.2, 0) is 6.54 Å². The third-order valence-electron chi connectivity index (χ3n) is 3.76. The van der Waals surface area contributed by atoms with Crippen LogP contribution in [0.1, 0.15) is 27.0 Å². The van der Waals surface area contributed by atoms with Crippen molar-refractivity contribution >= 4 is 11.4 Å². The number of nitrogens with zero attached hydrogens (tertiary/aromatic N) is 3. The van der Waals surface area contributed by atoms with Crippen molar-refractivity contribution in [1.29, 1.82) is 0 Å². The maximum Gasteiger partial charge on any atom is 0.257 e. The van der Waals surface area contributed by atoms with Crippen molar-refractivity contribution < 1.29 is 4.79 Å². The van der Waals surface area contributed by atoms with E-state index in [1.54, 1.807) is 15.6 Å². The normalized spacial score (nSPS) is 10.9. The standard InChI is InChI=1S/C18H19N3O/c1-13-5-4-6-15(9-13)12-20(3)18(22)16-11-19-21-8-7-14(2)10-17(16)21/h4-11H,12H2,1-3H3. The highest BCUT2D eigenvalue weighted by atomic mass is 16.2. The lowest BCUT2D eigenvalue weighted by atomic mass is 10.1. The molecule has 112 valence electrons. The Morgan fingerprint density at radius 1 is 1.18 bits per heavy atom. The largest absolute Gasteiger partial charge is 0.337 e. The first kappa shape index (κ1) is 14.3. The van der Waals surface area contributed by atoms with Crippen molar-refractivity contribution in [2.45, 2.75) is 20.4 Å². The minimum atomic E-state index is -0.0119. The van der Waals surface area contributed by atoms with Crippen LogP contribution < -0.4 is 0 Å². The number of aryl methyl sites for hydroxylation is 2. The van der Waals surface area contributed by atoms with Gasteiger partial charge >= 0.3 is 0 Å². The second-order valence-corrected chi connectivity index (χ2v) is 5.74. The summed E-state index contributed by atoms with van der Waals surface area (Å²) in [6, 6.07) is 12.2. The van der Waals surface area contributed by atoms with Crippen LogP contribution in [-0.4, -0.2) is 27.5 Å². The highest BCUT2D eigenvalue weighted by molar-refractivity contribution is 6.00. The average Bonchev–Trinajstić information content (AvgIpc) is 2.89. The van der Waals surface area contributed by atoms with Crippen LogP contribution >= 0.6 is 0 Å². The second kappa shape index (κ2) is 5.64. The Bertz CT molecular complexity index is 835. The Kier molecular flexibility index (Phi) is 3.67. The third-order valence-corrected chi connectivity index (χ3v) is 3.76. The zero-order valence-corrected chi connectivity index (χ0v) is 13.1. The van der Waals surface area contributed by atoms with Crippen LogP contribution in [0, 0.1) is 13.8 Å². The van der Waals surface area contributed by atoms with E-state index >= 15 is 0 Å². The van der Waals surface area contributed by atoms with Crippen molar-refractivity contribution in [1.82, 2.24) is 14.5 Å². The van der Waals surface area contributed by atoms with Gasteiger partial charge in [-0.25, -0.2) is 4.52 Å². The van der Waals surface area contributed by atoms with E-state index < -0.39 is 0 Å². The lowest BCUT2D eigenvalue weighted by Gasteiger charge is -2.17. The van der Waals surface area contributed by atoms with Gasteiger partial charge in [0.25, 0.3) is 5.91 Å². The summed E-state index contributed by atoms with van der Waals surface area (Å²) < 4.78 is 1.74. The number of hydrogen-bond acceptors (Lipinski definition) is 2. The number of pyridine rings is 1. The molecule has 0 radical (unpaired) electrons. The highest BCUT2D eigenvalue weighted by Crippen LogP contribution is 2.16. The average molecular weight is 293 g/mol. The van der Waals surface area contributed by atoms with Crippen molar-refractivity contribution in [3.05, 3.63) is 71.0 Å². The van der Waals surface area contributed by atoms with Gasteiger partial charge in [0.1, 0.15) is 0 Å². The fraction of sp³-hybridized carbons (Fsp3) is 0.222. The van der Waals surface area contributed by atoms with E-state index in [2.05, 4.69) is 24.2 Å². The molecule has 1 aromatic carbocycles. The minimum Gasteiger partial charge on any atom is -0.337 e. The molecule has 0 saturated carbocycles. The molecule has 2 aromatic heterocycles. The molecule has 0 saturated heterocycles. The van der Waals surface area contributed by atoms with Crippen LogP contribution in [0.3, 0.4) is 0 Å². The molecule has 0 spiro atoms. The zero-order chi connectivity index (χ0) is 15.7. The summed E-state index contributed by atoms with van der Waals surface area (Å²) in [7, 11) is 1.82. The molecule has 0 atom stereocenters. The van der Waals surface area contributed by atoms with Crippen LogP contribution in [0.15, 0.2) is 48.8 Å². The van der Waals surface area contributed by atoms with E-state index in [9.17, 15) is 4.79 Å². The molecule has 2 heterocycles. The van der Waals surface area contributed by atoms with Gasteiger partial charge in [0.15, 0.2) is 0 Å². The first-order valence-electron chi connectivity index (χ1n) is 7.29. The Hall–Kier alpha value is -2.62. The summed E-state index contributed by atoms with van der Waals surface area (Å²) in [4.78, 5) is 14.4. The van der Waals surface area contributed by atoms with Gasteiger partial charge in [-0.3, -0.25) is 4.79 Å². The Labute approximate surface area is 130 Å². The van der Waals surface area contributed by atoms with Gasteiger partial charge in [0.05, 0.1) is 17.3 Å². The van der Waals surface area contributed by atoms with E-state index in [1.165, 1.54) is 5.56 Å². The molecular weight excluding hydrogens is 274 g/mol. The summed E-state index contributed by atoms with van der Waals surface area (Å²) in [5, 5.41) is 4.25. The number of benzene rings is 1. The van der Waals surface area contributed by atoms with Gasteiger partial charge in [-0.05, 0) is 37.1 Å². The predicted molar refractivity (Wildman–Crippen MR) is 86.9 cm³/mol. The predicted octanol–water partition coefficient (Wildman–Crippen LogP) is 3.22. The molecular formula is C18H19N3O. The molecule has 3 aromatic rings. The first-order chi connectivity index (χ1) is 10.5. The number of rotatable bonds is 3. The molecule has 3 rings (SSSR count). The summed E-state index contributed by atoms with van der Waals surface area (Å²) in [6.07, 6.45) is 3.52. The maximum atomic E-state index is 12.7. The number of carbonyl (C=O) groups excluding carboxylic acids is 1. The SMILES string of the molecule is Cc1cccc(CN(C)C(=O)c2cnn3ccc(C)cc23)c1. The fourth-order valence-corrected chi connectivity index (χ4v) is 2.61. The topological polar surface area (TPSA) is 37.6 Å². The van der Waals surface area contributed by atoms with Gasteiger partial charge in [0, 0.05) is 19.8 Å². The lowest BCUT2D eigenvalue weighted by Crippen LogP contribution is -2.26. The molecule has 22 heavy (non-hydrogen) atoms. The van der Waals surface area contributed by atoms with E-state index in [4.69, 9.17) is 0 Å². The van der Waals surface area contributed by atoms with Crippen LogP contribution in [0.5, 0.6) is 0 Å². The molecule has 0 N–H and O–H groups in total. The first-order valence-corrected chi connectivity index (χ1v) is 7.29. The summed E-state index contributed by atoms with van der Waals surface area (Å²) >= 11 is 0. The van der Waals surface area contributed by atoms with E-state index in [-0.39, 0.29) is 5.91 Å². The smallest absolute Gasteiger partial charge is 0.257 e. The molecule has 0 aliphatic rings. The second-order valence-electron chi connectivity index (χ2n) is 5.74. The number of carbonyl (C=O) groups is 1. The quantitative estimate of drug-likeness (QED) is 0.743. The molecule has 1 amide bonds. The molecule has 0 aliphatic heterocycles. The Morgan fingerprint density at radius 2 is 1.95 bits per heavy atom. The molecule has 0 aliphatic carbocycles. The van der Waals surface area contributed by atoms with E-state index in [1.807, 2.05) is 44.4 Å². The van der Waals surface area contributed by atoms with Crippen LogP contribution in [0.4, 0.5) is 0 Å². The summed E-state index contributed by atoms with van der Waals surface area (Å²) in [5.41, 5.74) is 4.93. The molecule has 0 bridgehead atoms. The van der Waals surface area contributed by atoms with Crippen molar-refractivity contribution in [3.63, 3.8) is 0 Å². The Balaban J connectivity index is 1.87. The van der Waals surface area contributed by atoms with E-state index in [0.717, 1.165) is 16.6 Å². The van der Waals surface area contributed by atoms with Crippen LogP contribution in [0.25, 0.3) is 5.52 Å². The maximum absolute atomic E-state index is 12.7. The van der Waals surface area contributed by atoms with Crippen molar-refractivity contribution in [2.24, 2.45) is 0 Å². The molecule has 4 heteroatoms. The molecule has 0 unspecified atom stereocenters. The number of aromatic nitrogens is 2. The zero-order valence-electron chi connectivity index (χ0n) is 13.1. The van der Waals surface area contributed by atoms with Gasteiger partial charge in [-0.15, -0.1) is 0 Å². The van der Waals surface area contributed by atoms with Gasteiger partial charge in [-0.1, -0.05) is 29.8 Å². The monoisotopic (exact) mass is 293 g/mol. The molecule has 4 nitrogen and oxygen atoms in total. The van der Waals surface area contributed by atoms with Crippen LogP contribution in [0.2, 0.25) is 0 Å². The van der Waals surface area contributed by atoms with Crippen molar-refractivity contribution in [3.8, 4) is 0 Å². The summed E-state index contributed by atoms with van der Waals surface area (Å²) in [6.45, 7) is 4.65. The molecule has 0 fully saturated rings. The van der Waals surface area contributed by atoms with Gasteiger partial charge in [0.2, 0.25) is 0 Å². The number of hydrogen-bond donors (Lipinski definition) is 0. The minimum absolute atomic E-state index is 0.0119. The summed E-state index contributed by atoms with van der Waals surface area (Å²) in [5.74, 6) is -0.0119. The fourth-order valence-electron chi connectivity index (χ4n) is 2.61.